The van der Waals surface area contributed by atoms with Crippen LogP contribution in [0.1, 0.15) is 29.2 Å². The second kappa shape index (κ2) is 6.99. The van der Waals surface area contributed by atoms with E-state index in [0.717, 1.165) is 31.7 Å². The van der Waals surface area contributed by atoms with E-state index in [-0.39, 0.29) is 11.9 Å². The van der Waals surface area contributed by atoms with Gasteiger partial charge >= 0.3 is 0 Å². The predicted octanol–water partition coefficient (Wildman–Crippen LogP) is 3.40. The van der Waals surface area contributed by atoms with Crippen molar-refractivity contribution in [2.75, 3.05) is 18.8 Å². The molecule has 0 bridgehead atoms. The number of nitrogens with zero attached hydrogens (tertiary/aromatic N) is 1. The Kier molecular flexibility index (Phi) is 4.58. The van der Waals surface area contributed by atoms with Gasteiger partial charge in [-0.1, -0.05) is 42.5 Å². The van der Waals surface area contributed by atoms with Crippen LogP contribution >= 0.6 is 11.8 Å². The number of hydrogen-bond donors (Lipinski definition) is 1. The van der Waals surface area contributed by atoms with Gasteiger partial charge in [-0.15, -0.1) is 11.8 Å². The highest BCUT2D eigenvalue weighted by molar-refractivity contribution is 7.99. The van der Waals surface area contributed by atoms with Crippen LogP contribution in [0.2, 0.25) is 0 Å². The van der Waals surface area contributed by atoms with Gasteiger partial charge in [0.1, 0.15) is 0 Å². The van der Waals surface area contributed by atoms with E-state index in [2.05, 4.69) is 58.7 Å². The average molecular weight is 338 g/mol. The Morgan fingerprint density at radius 1 is 1.12 bits per heavy atom. The Hall–Kier alpha value is -1.78. The van der Waals surface area contributed by atoms with E-state index in [1.54, 1.807) is 0 Å². The lowest BCUT2D eigenvalue weighted by Gasteiger charge is -2.30. The van der Waals surface area contributed by atoms with Gasteiger partial charge in [-0.2, -0.15) is 0 Å². The molecule has 1 N–H and O–H groups in total. The SMILES string of the molecule is O=C(CN1CCc2ccccc2C1)NC1CCSc2ccccc21. The number of benzene rings is 2. The van der Waals surface area contributed by atoms with Crippen LogP contribution in [0.25, 0.3) is 0 Å². The van der Waals surface area contributed by atoms with Crippen LogP contribution in [0.5, 0.6) is 0 Å². The summed E-state index contributed by atoms with van der Waals surface area (Å²) in [5.41, 5.74) is 4.05. The number of rotatable bonds is 3. The first-order valence-corrected chi connectivity index (χ1v) is 9.58. The summed E-state index contributed by atoms with van der Waals surface area (Å²) in [6.45, 7) is 2.32. The van der Waals surface area contributed by atoms with Crippen LogP contribution in [0.15, 0.2) is 53.4 Å². The monoisotopic (exact) mass is 338 g/mol. The van der Waals surface area contributed by atoms with Crippen LogP contribution in [0, 0.1) is 0 Å². The Morgan fingerprint density at radius 2 is 1.92 bits per heavy atom. The first-order chi connectivity index (χ1) is 11.8. The number of carbonyl (C=O) groups is 1. The van der Waals surface area contributed by atoms with Crippen molar-refractivity contribution in [2.24, 2.45) is 0 Å². The van der Waals surface area contributed by atoms with Gasteiger partial charge in [0, 0.05) is 23.7 Å². The van der Waals surface area contributed by atoms with Gasteiger partial charge < -0.3 is 5.32 Å². The Morgan fingerprint density at radius 3 is 2.83 bits per heavy atom. The van der Waals surface area contributed by atoms with Crippen LogP contribution in [0.3, 0.4) is 0 Å². The number of thioether (sulfide) groups is 1. The molecule has 4 rings (SSSR count). The van der Waals surface area contributed by atoms with Crippen LogP contribution in [-0.2, 0) is 17.8 Å². The second-order valence-electron chi connectivity index (χ2n) is 6.52. The molecule has 0 aromatic heterocycles. The topological polar surface area (TPSA) is 32.3 Å². The highest BCUT2D eigenvalue weighted by Gasteiger charge is 2.23. The fourth-order valence-electron chi connectivity index (χ4n) is 3.62. The molecular weight excluding hydrogens is 316 g/mol. The van der Waals surface area contributed by atoms with E-state index >= 15 is 0 Å². The highest BCUT2D eigenvalue weighted by Crippen LogP contribution is 2.35. The summed E-state index contributed by atoms with van der Waals surface area (Å²) >= 11 is 1.89. The van der Waals surface area contributed by atoms with E-state index in [4.69, 9.17) is 0 Å². The minimum Gasteiger partial charge on any atom is -0.348 e. The van der Waals surface area contributed by atoms with Crippen molar-refractivity contribution in [3.8, 4) is 0 Å². The zero-order valence-electron chi connectivity index (χ0n) is 13.7. The van der Waals surface area contributed by atoms with Crippen LogP contribution in [0.4, 0.5) is 0 Å². The standard InChI is InChI=1S/C20H22N2OS/c23-20(14-22-11-9-15-5-1-2-6-16(15)13-22)21-18-10-12-24-19-8-4-3-7-17(18)19/h1-8,18H,9-14H2,(H,21,23). The number of nitrogens with one attached hydrogen (secondary N) is 1. The minimum atomic E-state index is 0.140. The van der Waals surface area contributed by atoms with Crippen molar-refractivity contribution in [2.45, 2.75) is 30.3 Å². The van der Waals surface area contributed by atoms with Gasteiger partial charge in [-0.05, 0) is 35.6 Å². The lowest BCUT2D eigenvalue weighted by molar-refractivity contribution is -0.123. The van der Waals surface area contributed by atoms with Gasteiger partial charge in [-0.3, -0.25) is 9.69 Å². The molecule has 1 amide bonds. The highest BCUT2D eigenvalue weighted by atomic mass is 32.2. The van der Waals surface area contributed by atoms with Gasteiger partial charge in [0.25, 0.3) is 0 Å². The zero-order chi connectivity index (χ0) is 16.4. The lowest BCUT2D eigenvalue weighted by Crippen LogP contribution is -2.41. The molecule has 0 spiro atoms. The normalized spacial score (nSPS) is 20.1. The van der Waals surface area contributed by atoms with Crippen LogP contribution < -0.4 is 5.32 Å². The third kappa shape index (κ3) is 3.35. The van der Waals surface area contributed by atoms with Crippen LogP contribution in [-0.4, -0.2) is 29.6 Å². The van der Waals surface area contributed by atoms with E-state index in [1.165, 1.54) is 21.6 Å². The fraction of sp³-hybridized carbons (Fsp3) is 0.350. The summed E-state index contributed by atoms with van der Waals surface area (Å²) in [7, 11) is 0. The molecule has 0 saturated heterocycles. The zero-order valence-corrected chi connectivity index (χ0v) is 14.5. The molecule has 0 aliphatic carbocycles. The van der Waals surface area contributed by atoms with E-state index < -0.39 is 0 Å². The van der Waals surface area contributed by atoms with Gasteiger partial charge in [0.2, 0.25) is 5.91 Å². The molecule has 0 saturated carbocycles. The van der Waals surface area contributed by atoms with Crippen molar-refractivity contribution in [1.29, 1.82) is 0 Å². The maximum atomic E-state index is 12.5. The maximum Gasteiger partial charge on any atom is 0.234 e. The molecule has 2 aliphatic heterocycles. The van der Waals surface area contributed by atoms with Crippen molar-refractivity contribution < 1.29 is 4.79 Å². The molecule has 2 aromatic rings. The molecule has 1 atom stereocenters. The summed E-state index contributed by atoms with van der Waals surface area (Å²) < 4.78 is 0. The molecule has 4 heteroatoms. The van der Waals surface area contributed by atoms with Crippen molar-refractivity contribution in [1.82, 2.24) is 10.2 Å². The third-order valence-electron chi connectivity index (χ3n) is 4.87. The minimum absolute atomic E-state index is 0.140. The lowest BCUT2D eigenvalue weighted by atomic mass is 10.00. The van der Waals surface area contributed by atoms with Crippen molar-refractivity contribution in [3.63, 3.8) is 0 Å². The number of amides is 1. The van der Waals surface area contributed by atoms with Crippen molar-refractivity contribution >= 4 is 17.7 Å². The molecule has 24 heavy (non-hydrogen) atoms. The predicted molar refractivity (Wildman–Crippen MR) is 98.1 cm³/mol. The smallest absolute Gasteiger partial charge is 0.234 e. The first kappa shape index (κ1) is 15.7. The molecule has 0 fully saturated rings. The Labute approximate surface area is 147 Å². The molecule has 2 aliphatic rings. The molecule has 124 valence electrons. The first-order valence-electron chi connectivity index (χ1n) is 8.60. The third-order valence-corrected chi connectivity index (χ3v) is 5.99. The van der Waals surface area contributed by atoms with Gasteiger partial charge in [0.15, 0.2) is 0 Å². The molecule has 3 nitrogen and oxygen atoms in total. The molecule has 2 heterocycles. The Bertz CT molecular complexity index is 746. The van der Waals surface area contributed by atoms with E-state index in [1.807, 2.05) is 11.8 Å². The van der Waals surface area contributed by atoms with E-state index in [0.29, 0.717) is 6.54 Å². The second-order valence-corrected chi connectivity index (χ2v) is 7.66. The number of fused-ring (bicyclic) bond motifs is 2. The summed E-state index contributed by atoms with van der Waals surface area (Å²) in [5, 5.41) is 3.25. The Balaban J connectivity index is 1.38. The molecule has 2 aromatic carbocycles. The summed E-state index contributed by atoms with van der Waals surface area (Å²) in [5.74, 6) is 1.21. The van der Waals surface area contributed by atoms with Crippen molar-refractivity contribution in [3.05, 3.63) is 65.2 Å². The number of carbonyl (C=O) groups excluding carboxylic acids is 1. The quantitative estimate of drug-likeness (QED) is 0.931. The van der Waals surface area contributed by atoms with E-state index in [9.17, 15) is 4.79 Å². The summed E-state index contributed by atoms with van der Waals surface area (Å²) in [6, 6.07) is 17.1. The van der Waals surface area contributed by atoms with Gasteiger partial charge in [-0.25, -0.2) is 0 Å². The number of hydrogen-bond acceptors (Lipinski definition) is 3. The average Bonchev–Trinajstić information content (AvgIpc) is 2.62. The maximum absolute atomic E-state index is 12.5. The largest absolute Gasteiger partial charge is 0.348 e. The molecular formula is C20H22N2OS. The summed E-state index contributed by atoms with van der Waals surface area (Å²) in [6.07, 6.45) is 2.04. The fourth-order valence-corrected chi connectivity index (χ4v) is 4.75. The summed E-state index contributed by atoms with van der Waals surface area (Å²) in [4.78, 5) is 16.1. The molecule has 1 unspecified atom stereocenters. The van der Waals surface area contributed by atoms with Gasteiger partial charge in [0.05, 0.1) is 12.6 Å². The molecule has 0 radical (unpaired) electrons.